The molecule has 0 saturated carbocycles. The van der Waals surface area contributed by atoms with Crippen molar-refractivity contribution in [3.8, 4) is 11.5 Å². The fraction of sp³-hybridized carbons (Fsp3) is 0.240. The summed E-state index contributed by atoms with van der Waals surface area (Å²) in [5, 5.41) is 6.63. The highest BCUT2D eigenvalue weighted by molar-refractivity contribution is 6.32. The molecule has 5 nitrogen and oxygen atoms in total. The molecule has 0 heterocycles. The molecular weight excluding hydrogens is 412 g/mol. The fourth-order valence-corrected chi connectivity index (χ4v) is 3.41. The molecule has 0 saturated heterocycles. The van der Waals surface area contributed by atoms with E-state index in [2.05, 4.69) is 36.6 Å². The van der Waals surface area contributed by atoms with Gasteiger partial charge in [0.05, 0.1) is 11.6 Å². The second-order valence-corrected chi connectivity index (χ2v) is 7.55. The quantitative estimate of drug-likeness (QED) is 0.431. The van der Waals surface area contributed by atoms with E-state index in [4.69, 9.17) is 21.1 Å². The summed E-state index contributed by atoms with van der Waals surface area (Å²) < 4.78 is 11.5. The number of ether oxygens (including phenoxy) is 2. The Hall–Kier alpha value is -3.18. The molecule has 3 aromatic rings. The predicted molar refractivity (Wildman–Crippen MR) is 126 cm³/mol. The lowest BCUT2D eigenvalue weighted by Gasteiger charge is -2.16. The average Bonchev–Trinajstić information content (AvgIpc) is 2.75. The highest BCUT2D eigenvalue weighted by Gasteiger charge is 2.15. The Labute approximate surface area is 188 Å². The summed E-state index contributed by atoms with van der Waals surface area (Å²) in [6, 6.07) is 19.1. The van der Waals surface area contributed by atoms with Crippen LogP contribution in [-0.4, -0.2) is 19.1 Å². The maximum Gasteiger partial charge on any atom is 0.262 e. The first-order valence-electron chi connectivity index (χ1n) is 10.2. The molecule has 31 heavy (non-hydrogen) atoms. The van der Waals surface area contributed by atoms with Crippen molar-refractivity contribution in [3.05, 3.63) is 82.4 Å². The van der Waals surface area contributed by atoms with Gasteiger partial charge in [0.1, 0.15) is 0 Å². The molecule has 0 fully saturated rings. The number of para-hydroxylation sites is 1. The van der Waals surface area contributed by atoms with Crippen molar-refractivity contribution >= 4 is 28.9 Å². The Kier molecular flexibility index (Phi) is 7.79. The summed E-state index contributed by atoms with van der Waals surface area (Å²) in [5.41, 5.74) is 5.18. The van der Waals surface area contributed by atoms with Crippen LogP contribution in [0.5, 0.6) is 11.5 Å². The van der Waals surface area contributed by atoms with E-state index in [-0.39, 0.29) is 12.5 Å². The molecule has 1 amide bonds. The molecular formula is C25H27ClN2O3. The van der Waals surface area contributed by atoms with Crippen molar-refractivity contribution in [1.82, 2.24) is 0 Å². The molecule has 2 N–H and O–H groups in total. The lowest BCUT2D eigenvalue weighted by Crippen LogP contribution is -2.20. The molecule has 0 aromatic heterocycles. The number of aryl methyl sites for hydroxylation is 1. The molecule has 3 rings (SSSR count). The SMILES string of the molecule is CCOc1cc(CNc2cccc(C)c2C)cc(Cl)c1OCC(=O)Nc1ccccc1. The van der Waals surface area contributed by atoms with E-state index in [0.717, 1.165) is 11.3 Å². The van der Waals surface area contributed by atoms with Crippen molar-refractivity contribution in [1.29, 1.82) is 0 Å². The predicted octanol–water partition coefficient (Wildman–Crippen LogP) is 5.99. The van der Waals surface area contributed by atoms with Gasteiger partial charge in [0.2, 0.25) is 0 Å². The number of hydrogen-bond acceptors (Lipinski definition) is 4. The molecule has 0 radical (unpaired) electrons. The minimum atomic E-state index is -0.273. The molecule has 0 spiro atoms. The Morgan fingerprint density at radius 1 is 1.00 bits per heavy atom. The van der Waals surface area contributed by atoms with Gasteiger partial charge in [0, 0.05) is 17.9 Å². The molecule has 162 valence electrons. The third-order valence-electron chi connectivity index (χ3n) is 4.86. The smallest absolute Gasteiger partial charge is 0.262 e. The maximum absolute atomic E-state index is 12.2. The summed E-state index contributed by atoms with van der Waals surface area (Å²) >= 11 is 6.49. The monoisotopic (exact) mass is 438 g/mol. The van der Waals surface area contributed by atoms with Gasteiger partial charge in [0.25, 0.3) is 5.91 Å². The van der Waals surface area contributed by atoms with Crippen molar-refractivity contribution in [3.63, 3.8) is 0 Å². The number of carbonyl (C=O) groups is 1. The second-order valence-electron chi connectivity index (χ2n) is 7.14. The lowest BCUT2D eigenvalue weighted by atomic mass is 10.1. The summed E-state index contributed by atoms with van der Waals surface area (Å²) in [4.78, 5) is 12.2. The van der Waals surface area contributed by atoms with Crippen molar-refractivity contribution < 1.29 is 14.3 Å². The van der Waals surface area contributed by atoms with Gasteiger partial charge in [0.15, 0.2) is 18.1 Å². The first-order valence-corrected chi connectivity index (χ1v) is 10.6. The van der Waals surface area contributed by atoms with Crippen LogP contribution in [0, 0.1) is 13.8 Å². The second kappa shape index (κ2) is 10.7. The van der Waals surface area contributed by atoms with E-state index in [1.807, 2.05) is 55.5 Å². The Bertz CT molecular complexity index is 1040. The molecule has 0 unspecified atom stereocenters. The number of anilines is 2. The van der Waals surface area contributed by atoms with E-state index >= 15 is 0 Å². The van der Waals surface area contributed by atoms with Crippen LogP contribution < -0.4 is 20.1 Å². The minimum Gasteiger partial charge on any atom is -0.490 e. The topological polar surface area (TPSA) is 59.6 Å². The number of carbonyl (C=O) groups excluding carboxylic acids is 1. The van der Waals surface area contributed by atoms with Crippen molar-refractivity contribution in [2.24, 2.45) is 0 Å². The van der Waals surface area contributed by atoms with Crippen LogP contribution >= 0.6 is 11.6 Å². The van der Waals surface area contributed by atoms with Gasteiger partial charge in [-0.2, -0.15) is 0 Å². The summed E-state index contributed by atoms with van der Waals surface area (Å²) in [5.74, 6) is 0.605. The van der Waals surface area contributed by atoms with E-state index in [0.29, 0.717) is 35.4 Å². The van der Waals surface area contributed by atoms with Crippen LogP contribution in [0.2, 0.25) is 5.02 Å². The first-order chi connectivity index (χ1) is 15.0. The minimum absolute atomic E-state index is 0.172. The van der Waals surface area contributed by atoms with E-state index in [1.54, 1.807) is 0 Å². The standard InChI is InChI=1S/C25H27ClN2O3/c1-4-30-23-14-19(15-27-22-12-8-9-17(2)18(22)3)13-21(26)25(23)31-16-24(29)28-20-10-6-5-7-11-20/h5-14,27H,4,15-16H2,1-3H3,(H,28,29). The van der Waals surface area contributed by atoms with E-state index in [9.17, 15) is 4.79 Å². The van der Waals surface area contributed by atoms with Gasteiger partial charge in [-0.25, -0.2) is 0 Å². The van der Waals surface area contributed by atoms with Crippen LogP contribution in [0.25, 0.3) is 0 Å². The van der Waals surface area contributed by atoms with Crippen LogP contribution in [0.1, 0.15) is 23.6 Å². The van der Waals surface area contributed by atoms with Gasteiger partial charge in [-0.3, -0.25) is 4.79 Å². The summed E-state index contributed by atoms with van der Waals surface area (Å²) in [6.45, 7) is 6.93. The third-order valence-corrected chi connectivity index (χ3v) is 5.14. The number of benzene rings is 3. The van der Waals surface area contributed by atoms with Crippen LogP contribution in [-0.2, 0) is 11.3 Å². The fourth-order valence-electron chi connectivity index (χ4n) is 3.12. The number of hydrogen-bond donors (Lipinski definition) is 2. The molecule has 0 aliphatic carbocycles. The highest BCUT2D eigenvalue weighted by atomic mass is 35.5. The number of halogens is 1. The maximum atomic E-state index is 12.2. The number of rotatable bonds is 9. The zero-order chi connectivity index (χ0) is 22.2. The van der Waals surface area contributed by atoms with Gasteiger partial charge in [-0.05, 0) is 67.8 Å². The van der Waals surface area contributed by atoms with Gasteiger partial charge in [-0.15, -0.1) is 0 Å². The molecule has 0 atom stereocenters. The summed E-state index contributed by atoms with van der Waals surface area (Å²) in [6.07, 6.45) is 0. The van der Waals surface area contributed by atoms with Crippen LogP contribution in [0.15, 0.2) is 60.7 Å². The van der Waals surface area contributed by atoms with Gasteiger partial charge < -0.3 is 20.1 Å². The largest absolute Gasteiger partial charge is 0.490 e. The molecule has 6 heteroatoms. The molecule has 0 aliphatic rings. The first kappa shape index (κ1) is 22.5. The Morgan fingerprint density at radius 2 is 1.77 bits per heavy atom. The van der Waals surface area contributed by atoms with Crippen LogP contribution in [0.3, 0.4) is 0 Å². The van der Waals surface area contributed by atoms with Crippen molar-refractivity contribution in [2.75, 3.05) is 23.8 Å². The van der Waals surface area contributed by atoms with E-state index in [1.165, 1.54) is 11.1 Å². The Morgan fingerprint density at radius 3 is 2.52 bits per heavy atom. The average molecular weight is 439 g/mol. The van der Waals surface area contributed by atoms with Gasteiger partial charge >= 0.3 is 0 Å². The Balaban J connectivity index is 1.69. The number of nitrogens with one attached hydrogen (secondary N) is 2. The zero-order valence-corrected chi connectivity index (χ0v) is 18.8. The van der Waals surface area contributed by atoms with E-state index < -0.39 is 0 Å². The lowest BCUT2D eigenvalue weighted by molar-refractivity contribution is -0.118. The molecule has 0 bridgehead atoms. The van der Waals surface area contributed by atoms with Crippen LogP contribution in [0.4, 0.5) is 11.4 Å². The summed E-state index contributed by atoms with van der Waals surface area (Å²) in [7, 11) is 0. The number of amides is 1. The van der Waals surface area contributed by atoms with Gasteiger partial charge in [-0.1, -0.05) is 41.9 Å². The van der Waals surface area contributed by atoms with Crippen molar-refractivity contribution in [2.45, 2.75) is 27.3 Å². The molecule has 3 aromatic carbocycles. The zero-order valence-electron chi connectivity index (χ0n) is 18.0. The highest BCUT2D eigenvalue weighted by Crippen LogP contribution is 2.37. The third kappa shape index (κ3) is 6.15. The normalized spacial score (nSPS) is 10.5. The molecule has 0 aliphatic heterocycles.